The van der Waals surface area contributed by atoms with Gasteiger partial charge in [0.1, 0.15) is 0 Å². The average molecular weight is 271 g/mol. The third-order valence-electron chi connectivity index (χ3n) is 4.03. The Morgan fingerprint density at radius 1 is 1.37 bits per heavy atom. The minimum atomic E-state index is -0.404. The van der Waals surface area contributed by atoms with Crippen LogP contribution >= 0.6 is 0 Å². The van der Waals surface area contributed by atoms with Crippen molar-refractivity contribution < 1.29 is 9.53 Å². The van der Waals surface area contributed by atoms with Gasteiger partial charge in [-0.25, -0.2) is 0 Å². The highest BCUT2D eigenvalue weighted by Gasteiger charge is 2.35. The number of carbonyl (C=O) groups excluding carboxylic acids is 1. The first-order valence-corrected chi connectivity index (χ1v) is 7.16. The molecule has 5 heteroatoms. The molecule has 0 aromatic heterocycles. The number of nitrogens with two attached hydrogens (primary N) is 1. The van der Waals surface area contributed by atoms with Gasteiger partial charge in [-0.1, -0.05) is 13.8 Å². The van der Waals surface area contributed by atoms with E-state index in [1.54, 1.807) is 0 Å². The number of nitrogens with zero attached hydrogens (tertiary/aromatic N) is 1. The summed E-state index contributed by atoms with van der Waals surface area (Å²) in [5, 5.41) is 3.02. The maximum absolute atomic E-state index is 12.0. The number of hydrogen-bond donors (Lipinski definition) is 2. The summed E-state index contributed by atoms with van der Waals surface area (Å²) in [5.41, 5.74) is 5.91. The molecule has 112 valence electrons. The second-order valence-electron chi connectivity index (χ2n) is 6.18. The highest BCUT2D eigenvalue weighted by atomic mass is 16.5. The van der Waals surface area contributed by atoms with E-state index in [1.165, 1.54) is 0 Å². The van der Waals surface area contributed by atoms with E-state index in [4.69, 9.17) is 10.5 Å². The van der Waals surface area contributed by atoms with E-state index < -0.39 is 6.04 Å². The molecule has 0 spiro atoms. The van der Waals surface area contributed by atoms with Crippen LogP contribution in [-0.2, 0) is 9.53 Å². The molecule has 1 aliphatic heterocycles. The maximum Gasteiger partial charge on any atom is 0.236 e. The van der Waals surface area contributed by atoms with Gasteiger partial charge in [0.2, 0.25) is 5.91 Å². The Hall–Kier alpha value is -0.650. The van der Waals surface area contributed by atoms with Gasteiger partial charge in [0, 0.05) is 25.3 Å². The van der Waals surface area contributed by atoms with Gasteiger partial charge in [-0.3, -0.25) is 4.79 Å². The monoisotopic (exact) mass is 271 g/mol. The molecular weight excluding hydrogens is 242 g/mol. The van der Waals surface area contributed by atoms with E-state index in [0.29, 0.717) is 12.5 Å². The molecular formula is C14H29N3O2. The smallest absolute Gasteiger partial charge is 0.236 e. The van der Waals surface area contributed by atoms with E-state index >= 15 is 0 Å². The number of rotatable bonds is 6. The van der Waals surface area contributed by atoms with Crippen molar-refractivity contribution in [2.24, 2.45) is 11.7 Å². The largest absolute Gasteiger partial charge is 0.381 e. The van der Waals surface area contributed by atoms with Crippen LogP contribution in [0.3, 0.4) is 0 Å². The zero-order chi connectivity index (χ0) is 14.5. The standard InChI is InChI=1S/C14H29N3O2/c1-11(2)9-12(15)13(18)16-10-14(17(3)4)5-7-19-8-6-14/h11-12H,5-10,15H2,1-4H3,(H,16,18)/t12-/m0/s1. The van der Waals surface area contributed by atoms with Crippen molar-refractivity contribution in [2.45, 2.75) is 44.7 Å². The molecule has 0 radical (unpaired) electrons. The topological polar surface area (TPSA) is 67.6 Å². The number of likely N-dealkylation sites (N-methyl/N-ethyl adjacent to an activating group) is 1. The summed E-state index contributed by atoms with van der Waals surface area (Å²) < 4.78 is 5.42. The average Bonchev–Trinajstić information content (AvgIpc) is 2.36. The van der Waals surface area contributed by atoms with Gasteiger partial charge in [0.05, 0.1) is 6.04 Å². The van der Waals surface area contributed by atoms with Gasteiger partial charge in [-0.2, -0.15) is 0 Å². The Bertz CT molecular complexity index is 286. The zero-order valence-corrected chi connectivity index (χ0v) is 12.7. The lowest BCUT2D eigenvalue weighted by Crippen LogP contribution is -2.57. The summed E-state index contributed by atoms with van der Waals surface area (Å²) in [5.74, 6) is 0.396. The maximum atomic E-state index is 12.0. The third-order valence-corrected chi connectivity index (χ3v) is 4.03. The molecule has 19 heavy (non-hydrogen) atoms. The number of ether oxygens (including phenoxy) is 1. The molecule has 0 saturated carbocycles. The second kappa shape index (κ2) is 7.22. The first-order valence-electron chi connectivity index (χ1n) is 7.16. The fourth-order valence-corrected chi connectivity index (χ4v) is 2.53. The summed E-state index contributed by atoms with van der Waals surface area (Å²) in [7, 11) is 4.12. The molecule has 5 nitrogen and oxygen atoms in total. The van der Waals surface area contributed by atoms with Crippen molar-refractivity contribution in [3.8, 4) is 0 Å². The Kier molecular flexibility index (Phi) is 6.23. The molecule has 0 bridgehead atoms. The Balaban J connectivity index is 2.50. The van der Waals surface area contributed by atoms with Crippen LogP contribution in [0.5, 0.6) is 0 Å². The van der Waals surface area contributed by atoms with Crippen LogP contribution < -0.4 is 11.1 Å². The van der Waals surface area contributed by atoms with Gasteiger partial charge < -0.3 is 20.7 Å². The van der Waals surface area contributed by atoms with Crippen LogP contribution in [0, 0.1) is 5.92 Å². The number of carbonyl (C=O) groups is 1. The van der Waals surface area contributed by atoms with E-state index in [9.17, 15) is 4.79 Å². The predicted octanol–water partition coefficient (Wildman–Crippen LogP) is 0.587. The van der Waals surface area contributed by atoms with Gasteiger partial charge in [-0.05, 0) is 39.3 Å². The highest BCUT2D eigenvalue weighted by molar-refractivity contribution is 5.81. The minimum Gasteiger partial charge on any atom is -0.381 e. The van der Waals surface area contributed by atoms with Crippen molar-refractivity contribution in [1.82, 2.24) is 10.2 Å². The summed E-state index contributed by atoms with van der Waals surface area (Å²) in [6.07, 6.45) is 2.61. The van der Waals surface area contributed by atoms with Crippen molar-refractivity contribution >= 4 is 5.91 Å². The fraction of sp³-hybridized carbons (Fsp3) is 0.929. The van der Waals surface area contributed by atoms with Crippen LogP contribution in [0.15, 0.2) is 0 Å². The van der Waals surface area contributed by atoms with Crippen molar-refractivity contribution in [2.75, 3.05) is 33.9 Å². The predicted molar refractivity (Wildman–Crippen MR) is 76.9 cm³/mol. The molecule has 1 atom stereocenters. The Labute approximate surface area is 116 Å². The first-order chi connectivity index (χ1) is 8.87. The van der Waals surface area contributed by atoms with Crippen molar-refractivity contribution in [3.05, 3.63) is 0 Å². The summed E-state index contributed by atoms with van der Waals surface area (Å²) in [4.78, 5) is 14.2. The fourth-order valence-electron chi connectivity index (χ4n) is 2.53. The zero-order valence-electron chi connectivity index (χ0n) is 12.7. The van der Waals surface area contributed by atoms with Gasteiger partial charge in [-0.15, -0.1) is 0 Å². The number of hydrogen-bond acceptors (Lipinski definition) is 4. The van der Waals surface area contributed by atoms with Crippen molar-refractivity contribution in [1.29, 1.82) is 0 Å². The SMILES string of the molecule is CC(C)C[C@H](N)C(=O)NCC1(N(C)C)CCOCC1. The first kappa shape index (κ1) is 16.4. The van der Waals surface area contributed by atoms with Gasteiger partial charge in [0.25, 0.3) is 0 Å². The highest BCUT2D eigenvalue weighted by Crippen LogP contribution is 2.25. The molecule has 0 aromatic rings. The van der Waals surface area contributed by atoms with E-state index in [-0.39, 0.29) is 11.4 Å². The van der Waals surface area contributed by atoms with Crippen LogP contribution in [-0.4, -0.2) is 56.2 Å². The molecule has 1 heterocycles. The van der Waals surface area contributed by atoms with Crippen LogP contribution in [0.2, 0.25) is 0 Å². The van der Waals surface area contributed by atoms with Crippen LogP contribution in [0.4, 0.5) is 0 Å². The third kappa shape index (κ3) is 4.75. The lowest BCUT2D eigenvalue weighted by molar-refractivity contribution is -0.123. The number of nitrogens with one attached hydrogen (secondary N) is 1. The second-order valence-corrected chi connectivity index (χ2v) is 6.18. The number of amides is 1. The lowest BCUT2D eigenvalue weighted by Gasteiger charge is -2.43. The van der Waals surface area contributed by atoms with Crippen LogP contribution in [0.1, 0.15) is 33.1 Å². The molecule has 0 aliphatic carbocycles. The summed E-state index contributed by atoms with van der Waals surface area (Å²) in [6.45, 7) is 6.31. The van der Waals surface area contributed by atoms with Crippen LogP contribution in [0.25, 0.3) is 0 Å². The molecule has 1 rings (SSSR count). The summed E-state index contributed by atoms with van der Waals surface area (Å²) >= 11 is 0. The van der Waals surface area contributed by atoms with Gasteiger partial charge in [0.15, 0.2) is 0 Å². The molecule has 1 saturated heterocycles. The molecule has 0 unspecified atom stereocenters. The van der Waals surface area contributed by atoms with E-state index in [2.05, 4.69) is 38.2 Å². The van der Waals surface area contributed by atoms with Crippen molar-refractivity contribution in [3.63, 3.8) is 0 Å². The molecule has 1 aliphatic rings. The Morgan fingerprint density at radius 3 is 2.42 bits per heavy atom. The Morgan fingerprint density at radius 2 is 1.95 bits per heavy atom. The quantitative estimate of drug-likeness (QED) is 0.742. The molecule has 1 fully saturated rings. The minimum absolute atomic E-state index is 0.00542. The summed E-state index contributed by atoms with van der Waals surface area (Å²) in [6, 6.07) is -0.404. The van der Waals surface area contributed by atoms with Gasteiger partial charge >= 0.3 is 0 Å². The van der Waals surface area contributed by atoms with E-state index in [0.717, 1.165) is 32.5 Å². The lowest BCUT2D eigenvalue weighted by atomic mass is 9.88. The van der Waals surface area contributed by atoms with E-state index in [1.807, 2.05) is 0 Å². The molecule has 0 aromatic carbocycles. The normalized spacial score (nSPS) is 20.6. The molecule has 3 N–H and O–H groups in total. The molecule has 1 amide bonds.